The zero-order valence-electron chi connectivity index (χ0n) is 16.5. The molecule has 0 saturated carbocycles. The van der Waals surface area contributed by atoms with Crippen molar-refractivity contribution in [2.75, 3.05) is 18.5 Å². The van der Waals surface area contributed by atoms with Crippen LogP contribution in [0.4, 0.5) is 5.69 Å². The molecule has 1 amide bonds. The summed E-state index contributed by atoms with van der Waals surface area (Å²) in [4.78, 5) is 14.0. The van der Waals surface area contributed by atoms with E-state index in [0.717, 1.165) is 11.3 Å². The summed E-state index contributed by atoms with van der Waals surface area (Å²) in [5, 5.41) is 4.79. The molecule has 0 radical (unpaired) electrons. The molecule has 1 aromatic heterocycles. The number of hydrogen-bond acceptors (Lipinski definition) is 5. The number of hydrogen-bond donors (Lipinski definition) is 1. The van der Waals surface area contributed by atoms with E-state index in [1.807, 2.05) is 18.4 Å². The predicted molar refractivity (Wildman–Crippen MR) is 118 cm³/mol. The monoisotopic (exact) mass is 442 g/mol. The molecule has 6 nitrogen and oxygen atoms in total. The molecular weight excluding hydrogens is 420 g/mol. The third kappa shape index (κ3) is 4.26. The van der Waals surface area contributed by atoms with Crippen molar-refractivity contribution in [3.05, 3.63) is 76.0 Å². The van der Waals surface area contributed by atoms with E-state index in [-0.39, 0.29) is 16.4 Å². The minimum atomic E-state index is -3.68. The molecule has 4 rings (SSSR count). The van der Waals surface area contributed by atoms with Crippen LogP contribution in [-0.2, 0) is 23.0 Å². The Balaban J connectivity index is 1.51. The maximum atomic E-state index is 13.1. The van der Waals surface area contributed by atoms with Gasteiger partial charge in [-0.25, -0.2) is 8.42 Å². The van der Waals surface area contributed by atoms with Crippen molar-refractivity contribution in [2.45, 2.75) is 24.8 Å². The van der Waals surface area contributed by atoms with Gasteiger partial charge in [0.1, 0.15) is 5.75 Å². The van der Waals surface area contributed by atoms with Gasteiger partial charge in [-0.1, -0.05) is 6.07 Å². The van der Waals surface area contributed by atoms with Gasteiger partial charge in [-0.05, 0) is 72.8 Å². The number of amides is 1. The van der Waals surface area contributed by atoms with Crippen LogP contribution in [0.5, 0.6) is 5.75 Å². The summed E-state index contributed by atoms with van der Waals surface area (Å²) in [7, 11) is -3.68. The van der Waals surface area contributed by atoms with Crippen LogP contribution < -0.4 is 10.1 Å². The SMILES string of the molecule is CCOc1ccc(NC(=O)c2cccc(S(=O)(=O)N3CCc4sccc4C3)c2)cc1. The van der Waals surface area contributed by atoms with Crippen molar-refractivity contribution in [1.29, 1.82) is 0 Å². The van der Waals surface area contributed by atoms with E-state index in [4.69, 9.17) is 4.74 Å². The Morgan fingerprint density at radius 1 is 1.17 bits per heavy atom. The first-order chi connectivity index (χ1) is 14.5. The minimum absolute atomic E-state index is 0.125. The van der Waals surface area contributed by atoms with Crippen LogP contribution in [0.15, 0.2) is 64.9 Å². The highest BCUT2D eigenvalue weighted by Crippen LogP contribution is 2.28. The van der Waals surface area contributed by atoms with Gasteiger partial charge in [-0.2, -0.15) is 4.31 Å². The summed E-state index contributed by atoms with van der Waals surface area (Å²) in [5.41, 5.74) is 1.95. The van der Waals surface area contributed by atoms with Gasteiger partial charge in [-0.15, -0.1) is 11.3 Å². The molecule has 1 N–H and O–H groups in total. The number of anilines is 1. The lowest BCUT2D eigenvalue weighted by atomic mass is 10.1. The number of rotatable bonds is 6. The number of ether oxygens (including phenoxy) is 1. The number of nitrogens with zero attached hydrogens (tertiary/aromatic N) is 1. The second-order valence-corrected chi connectivity index (χ2v) is 9.84. The molecule has 2 heterocycles. The van der Waals surface area contributed by atoms with Gasteiger partial charge in [-0.3, -0.25) is 4.79 Å². The maximum absolute atomic E-state index is 13.1. The lowest BCUT2D eigenvalue weighted by Crippen LogP contribution is -2.35. The Morgan fingerprint density at radius 2 is 1.97 bits per heavy atom. The quantitative estimate of drug-likeness (QED) is 0.622. The molecular formula is C22H22N2O4S2. The number of sulfonamides is 1. The van der Waals surface area contributed by atoms with Crippen LogP contribution in [-0.4, -0.2) is 31.8 Å². The Labute approximate surface area is 180 Å². The molecule has 0 bridgehead atoms. The van der Waals surface area contributed by atoms with Gasteiger partial charge in [0.15, 0.2) is 0 Å². The van der Waals surface area contributed by atoms with Gasteiger partial charge in [0.05, 0.1) is 11.5 Å². The third-order valence-corrected chi connectivity index (χ3v) is 7.79. The molecule has 0 atom stereocenters. The van der Waals surface area contributed by atoms with Crippen molar-refractivity contribution in [2.24, 2.45) is 0 Å². The van der Waals surface area contributed by atoms with Crippen molar-refractivity contribution in [1.82, 2.24) is 4.31 Å². The number of fused-ring (bicyclic) bond motifs is 1. The average molecular weight is 443 g/mol. The molecule has 156 valence electrons. The highest BCUT2D eigenvalue weighted by atomic mass is 32.2. The summed E-state index contributed by atoms with van der Waals surface area (Å²) in [6.07, 6.45) is 0.712. The molecule has 8 heteroatoms. The van der Waals surface area contributed by atoms with E-state index in [0.29, 0.717) is 31.8 Å². The fourth-order valence-electron chi connectivity index (χ4n) is 3.38. The Bertz CT molecular complexity index is 1150. The van der Waals surface area contributed by atoms with Gasteiger partial charge in [0.25, 0.3) is 5.91 Å². The molecule has 1 aliphatic heterocycles. The lowest BCUT2D eigenvalue weighted by Gasteiger charge is -2.26. The fourth-order valence-corrected chi connectivity index (χ4v) is 5.73. The Kier molecular flexibility index (Phi) is 5.90. The van der Waals surface area contributed by atoms with E-state index < -0.39 is 10.0 Å². The molecule has 2 aromatic carbocycles. The molecule has 3 aromatic rings. The van der Waals surface area contributed by atoms with Crippen molar-refractivity contribution in [3.63, 3.8) is 0 Å². The number of nitrogens with one attached hydrogen (secondary N) is 1. The van der Waals surface area contributed by atoms with Crippen LogP contribution in [0.1, 0.15) is 27.7 Å². The van der Waals surface area contributed by atoms with E-state index in [1.54, 1.807) is 47.7 Å². The average Bonchev–Trinajstić information content (AvgIpc) is 3.23. The summed E-state index contributed by atoms with van der Waals surface area (Å²) >= 11 is 1.66. The van der Waals surface area contributed by atoms with Crippen LogP contribution in [0, 0.1) is 0 Å². The van der Waals surface area contributed by atoms with E-state index in [1.165, 1.54) is 21.3 Å². The highest BCUT2D eigenvalue weighted by Gasteiger charge is 2.29. The second kappa shape index (κ2) is 8.59. The Hall–Kier alpha value is -2.68. The topological polar surface area (TPSA) is 75.7 Å². The number of benzene rings is 2. The summed E-state index contributed by atoms with van der Waals surface area (Å²) in [6.45, 7) is 3.28. The molecule has 0 aliphatic carbocycles. The summed E-state index contributed by atoms with van der Waals surface area (Å²) < 4.78 is 33.1. The molecule has 0 fully saturated rings. The van der Waals surface area contributed by atoms with Gasteiger partial charge < -0.3 is 10.1 Å². The first-order valence-corrected chi connectivity index (χ1v) is 12.0. The van der Waals surface area contributed by atoms with Gasteiger partial charge >= 0.3 is 0 Å². The van der Waals surface area contributed by atoms with Crippen LogP contribution in [0.2, 0.25) is 0 Å². The van der Waals surface area contributed by atoms with E-state index in [9.17, 15) is 13.2 Å². The molecule has 1 aliphatic rings. The van der Waals surface area contributed by atoms with Crippen LogP contribution in [0.25, 0.3) is 0 Å². The van der Waals surface area contributed by atoms with Crippen molar-refractivity contribution in [3.8, 4) is 5.75 Å². The van der Waals surface area contributed by atoms with Crippen LogP contribution in [0.3, 0.4) is 0 Å². The molecule has 30 heavy (non-hydrogen) atoms. The predicted octanol–water partition coefficient (Wildman–Crippen LogP) is 4.15. The lowest BCUT2D eigenvalue weighted by molar-refractivity contribution is 0.102. The van der Waals surface area contributed by atoms with Crippen LogP contribution >= 0.6 is 11.3 Å². The van der Waals surface area contributed by atoms with Gasteiger partial charge in [0.2, 0.25) is 10.0 Å². The molecule has 0 spiro atoms. The number of thiophene rings is 1. The van der Waals surface area contributed by atoms with E-state index in [2.05, 4.69) is 5.32 Å². The van der Waals surface area contributed by atoms with E-state index >= 15 is 0 Å². The second-order valence-electron chi connectivity index (χ2n) is 6.90. The molecule has 0 unspecified atom stereocenters. The fraction of sp³-hybridized carbons (Fsp3) is 0.227. The normalized spacial score (nSPS) is 14.2. The third-order valence-electron chi connectivity index (χ3n) is 4.93. The van der Waals surface area contributed by atoms with Gasteiger partial charge in [0, 0.05) is 29.2 Å². The largest absolute Gasteiger partial charge is 0.494 e. The Morgan fingerprint density at radius 3 is 2.73 bits per heavy atom. The highest BCUT2D eigenvalue weighted by molar-refractivity contribution is 7.89. The summed E-state index contributed by atoms with van der Waals surface area (Å²) in [5.74, 6) is 0.355. The summed E-state index contributed by atoms with van der Waals surface area (Å²) in [6, 6.07) is 15.2. The zero-order valence-corrected chi connectivity index (χ0v) is 18.1. The smallest absolute Gasteiger partial charge is 0.255 e. The standard InChI is InChI=1S/C22H22N2O4S2/c1-2-28-19-8-6-18(7-9-19)23-22(25)16-4-3-5-20(14-16)30(26,27)24-12-10-21-17(15-24)11-13-29-21/h3-9,11,13-14H,2,10,12,15H2,1H3,(H,23,25). The first kappa shape index (κ1) is 20.6. The minimum Gasteiger partial charge on any atom is -0.494 e. The van der Waals surface area contributed by atoms with Crippen molar-refractivity contribution >= 4 is 33.0 Å². The molecule has 0 saturated heterocycles. The zero-order chi connectivity index (χ0) is 21.1. The first-order valence-electron chi connectivity index (χ1n) is 9.67. The maximum Gasteiger partial charge on any atom is 0.255 e. The number of carbonyl (C=O) groups excluding carboxylic acids is 1. The van der Waals surface area contributed by atoms with Crippen molar-refractivity contribution < 1.29 is 17.9 Å². The number of carbonyl (C=O) groups is 1.